The molecule has 0 radical (unpaired) electrons. The van der Waals surface area contributed by atoms with Crippen LogP contribution >= 0.6 is 0 Å². The van der Waals surface area contributed by atoms with E-state index in [-0.39, 0.29) is 29.3 Å². The van der Waals surface area contributed by atoms with Crippen LogP contribution < -0.4 is 10.1 Å². The molecule has 1 N–H and O–H groups in total. The third-order valence-electron chi connectivity index (χ3n) is 5.89. The summed E-state index contributed by atoms with van der Waals surface area (Å²) in [6.45, 7) is 4.15. The number of esters is 1. The summed E-state index contributed by atoms with van der Waals surface area (Å²) in [5, 5.41) is 3.16. The van der Waals surface area contributed by atoms with Gasteiger partial charge in [-0.05, 0) is 50.2 Å². The molecule has 1 saturated carbocycles. The maximum Gasteiger partial charge on any atom is 0.308 e. The van der Waals surface area contributed by atoms with E-state index in [1.165, 1.54) is 12.5 Å². The quantitative estimate of drug-likeness (QED) is 0.552. The molecule has 2 aromatic rings. The average Bonchev–Trinajstić information content (AvgIpc) is 3.39. The maximum absolute atomic E-state index is 12.7. The fraction of sp³-hybridized carbons (Fsp3) is 0.417. The molecule has 1 aliphatic rings. The van der Waals surface area contributed by atoms with Crippen LogP contribution in [0.2, 0.25) is 0 Å². The third kappa shape index (κ3) is 5.24. The zero-order chi connectivity index (χ0) is 21.0. The molecule has 0 heterocycles. The molecule has 3 rings (SSSR count). The first-order valence-electron chi connectivity index (χ1n) is 10.1. The van der Waals surface area contributed by atoms with Crippen LogP contribution in [-0.4, -0.2) is 43.5 Å². The lowest BCUT2D eigenvalue weighted by Gasteiger charge is -2.25. The molecule has 5 nitrogen and oxygen atoms in total. The molecular weight excluding hydrogens is 364 g/mol. The second-order valence-corrected chi connectivity index (χ2v) is 8.34. The van der Waals surface area contributed by atoms with E-state index in [1.54, 1.807) is 12.1 Å². The number of rotatable bonds is 8. The number of hydrogen-bond donors (Lipinski definition) is 1. The highest BCUT2D eigenvalue weighted by molar-refractivity contribution is 5.84. The Morgan fingerprint density at radius 2 is 1.79 bits per heavy atom. The van der Waals surface area contributed by atoms with Crippen molar-refractivity contribution in [3.05, 3.63) is 65.7 Å². The van der Waals surface area contributed by atoms with E-state index in [9.17, 15) is 9.59 Å². The minimum Gasteiger partial charge on any atom is -0.427 e. The van der Waals surface area contributed by atoms with Crippen molar-refractivity contribution < 1.29 is 14.3 Å². The molecule has 0 aliphatic heterocycles. The second-order valence-electron chi connectivity index (χ2n) is 8.34. The fourth-order valence-corrected chi connectivity index (χ4v) is 3.80. The van der Waals surface area contributed by atoms with Gasteiger partial charge in [-0.1, -0.05) is 49.4 Å². The van der Waals surface area contributed by atoms with Gasteiger partial charge in [0.15, 0.2) is 0 Å². The Balaban J connectivity index is 1.55. The summed E-state index contributed by atoms with van der Waals surface area (Å²) in [6, 6.07) is 18.0. The van der Waals surface area contributed by atoms with Crippen LogP contribution in [0.4, 0.5) is 0 Å². The molecule has 154 valence electrons. The van der Waals surface area contributed by atoms with Gasteiger partial charge in [-0.3, -0.25) is 9.59 Å². The van der Waals surface area contributed by atoms with E-state index >= 15 is 0 Å². The Labute approximate surface area is 173 Å². The number of nitrogens with one attached hydrogen (secondary N) is 1. The van der Waals surface area contributed by atoms with Crippen LogP contribution in [0, 0.1) is 5.92 Å². The van der Waals surface area contributed by atoms with Gasteiger partial charge in [0, 0.05) is 30.8 Å². The molecular formula is C24H30N2O3. The number of hydrogen-bond acceptors (Lipinski definition) is 4. The molecule has 5 heteroatoms. The van der Waals surface area contributed by atoms with Gasteiger partial charge >= 0.3 is 5.97 Å². The molecule has 2 aromatic carbocycles. The molecule has 1 aliphatic carbocycles. The van der Waals surface area contributed by atoms with Crippen molar-refractivity contribution >= 4 is 11.9 Å². The smallest absolute Gasteiger partial charge is 0.308 e. The number of carbonyl (C=O) groups is 2. The summed E-state index contributed by atoms with van der Waals surface area (Å²) in [4.78, 5) is 25.9. The van der Waals surface area contributed by atoms with Gasteiger partial charge in [0.2, 0.25) is 5.91 Å². The van der Waals surface area contributed by atoms with Crippen LogP contribution in [0.25, 0.3) is 0 Å². The number of nitrogens with zero attached hydrogens (tertiary/aromatic N) is 1. The highest BCUT2D eigenvalue weighted by atomic mass is 16.5. The molecule has 0 bridgehead atoms. The van der Waals surface area contributed by atoms with E-state index in [4.69, 9.17) is 4.74 Å². The molecule has 29 heavy (non-hydrogen) atoms. The van der Waals surface area contributed by atoms with Crippen molar-refractivity contribution in [1.29, 1.82) is 0 Å². The molecule has 3 atom stereocenters. The van der Waals surface area contributed by atoms with Crippen LogP contribution in [0.1, 0.15) is 31.4 Å². The Kier molecular flexibility index (Phi) is 6.38. The third-order valence-corrected chi connectivity index (χ3v) is 5.89. The Hall–Kier alpha value is -2.66. The lowest BCUT2D eigenvalue weighted by Crippen LogP contribution is -2.42. The number of likely N-dealkylation sites (N-methyl/N-ethyl adjacent to an activating group) is 1. The first-order valence-corrected chi connectivity index (χ1v) is 10.1. The van der Waals surface area contributed by atoms with Gasteiger partial charge in [0.05, 0.1) is 0 Å². The first-order chi connectivity index (χ1) is 13.8. The van der Waals surface area contributed by atoms with E-state index in [0.717, 1.165) is 18.4 Å². The normalized spacial score (nSPS) is 21.5. The summed E-state index contributed by atoms with van der Waals surface area (Å²) in [5.74, 6) is 0.392. The first kappa shape index (κ1) is 21.1. The predicted molar refractivity (Wildman–Crippen MR) is 114 cm³/mol. The lowest BCUT2D eigenvalue weighted by molar-refractivity contribution is -0.131. The highest BCUT2D eigenvalue weighted by Gasteiger charge is 2.55. The zero-order valence-corrected chi connectivity index (χ0v) is 17.6. The molecule has 1 fully saturated rings. The van der Waals surface area contributed by atoms with Gasteiger partial charge in [-0.2, -0.15) is 0 Å². The van der Waals surface area contributed by atoms with Crippen LogP contribution in [0.3, 0.4) is 0 Å². The van der Waals surface area contributed by atoms with E-state index in [1.807, 2.05) is 44.4 Å². The predicted octanol–water partition coefficient (Wildman–Crippen LogP) is 3.18. The number of amides is 1. The molecule has 2 unspecified atom stereocenters. The fourth-order valence-electron chi connectivity index (χ4n) is 3.80. The number of carbonyl (C=O) groups excluding carboxylic acids is 2. The van der Waals surface area contributed by atoms with Crippen molar-refractivity contribution in [2.45, 2.75) is 38.1 Å². The molecule has 0 aromatic heterocycles. The minimum absolute atomic E-state index is 0.0377. The van der Waals surface area contributed by atoms with Crippen molar-refractivity contribution in [2.75, 3.05) is 20.6 Å². The Bertz CT molecular complexity index is 848. The van der Waals surface area contributed by atoms with E-state index in [2.05, 4.69) is 29.3 Å². The maximum atomic E-state index is 12.7. The van der Waals surface area contributed by atoms with Crippen LogP contribution in [-0.2, 0) is 21.4 Å². The topological polar surface area (TPSA) is 58.6 Å². The second kappa shape index (κ2) is 8.78. The summed E-state index contributed by atoms with van der Waals surface area (Å²) in [5.41, 5.74) is 2.32. The van der Waals surface area contributed by atoms with E-state index < -0.39 is 0 Å². The summed E-state index contributed by atoms with van der Waals surface area (Å²) >= 11 is 0. The largest absolute Gasteiger partial charge is 0.427 e. The van der Waals surface area contributed by atoms with Gasteiger partial charge in [-0.15, -0.1) is 0 Å². The SMILES string of the molecule is CC(=O)Oc1ccc(C[C@@H](CNC(=O)C2CC2(C)c2ccccc2)N(C)C)cc1. The van der Waals surface area contributed by atoms with Crippen molar-refractivity contribution in [2.24, 2.45) is 5.92 Å². The van der Waals surface area contributed by atoms with E-state index in [0.29, 0.717) is 12.3 Å². The monoisotopic (exact) mass is 394 g/mol. The van der Waals surface area contributed by atoms with Gasteiger partial charge in [-0.25, -0.2) is 0 Å². The summed E-state index contributed by atoms with van der Waals surface area (Å²) < 4.78 is 5.08. The highest BCUT2D eigenvalue weighted by Crippen LogP contribution is 2.53. The molecule has 0 spiro atoms. The van der Waals surface area contributed by atoms with Crippen LogP contribution in [0.15, 0.2) is 54.6 Å². The van der Waals surface area contributed by atoms with Crippen molar-refractivity contribution in [1.82, 2.24) is 10.2 Å². The van der Waals surface area contributed by atoms with Crippen LogP contribution in [0.5, 0.6) is 5.75 Å². The standard InChI is InChI=1S/C24H30N2O3/c1-17(27)29-21-12-10-18(11-13-21)14-20(26(3)4)16-25-23(28)22-15-24(22,2)19-8-6-5-7-9-19/h5-13,20,22H,14-16H2,1-4H3,(H,25,28)/t20-,22?,24?/m0/s1. The zero-order valence-electron chi connectivity index (χ0n) is 17.6. The number of benzene rings is 2. The summed E-state index contributed by atoms with van der Waals surface area (Å²) in [6.07, 6.45) is 1.70. The molecule has 0 saturated heterocycles. The van der Waals surface area contributed by atoms with Crippen molar-refractivity contribution in [3.8, 4) is 5.75 Å². The van der Waals surface area contributed by atoms with Gasteiger partial charge < -0.3 is 15.0 Å². The molecule has 1 amide bonds. The summed E-state index contributed by atoms with van der Waals surface area (Å²) in [7, 11) is 4.05. The number of ether oxygens (including phenoxy) is 1. The lowest BCUT2D eigenvalue weighted by atomic mass is 9.95. The Morgan fingerprint density at radius 1 is 1.14 bits per heavy atom. The minimum atomic E-state index is -0.325. The average molecular weight is 395 g/mol. The van der Waals surface area contributed by atoms with Crippen molar-refractivity contribution in [3.63, 3.8) is 0 Å². The van der Waals surface area contributed by atoms with Gasteiger partial charge in [0.1, 0.15) is 5.75 Å². The van der Waals surface area contributed by atoms with Gasteiger partial charge in [0.25, 0.3) is 0 Å². The Morgan fingerprint density at radius 3 is 2.38 bits per heavy atom.